The molecule has 36 heavy (non-hydrogen) atoms. The van der Waals surface area contributed by atoms with Crippen molar-refractivity contribution in [1.82, 2.24) is 5.32 Å². The molecule has 0 aromatic heterocycles. The average molecular weight is 488 g/mol. The Morgan fingerprint density at radius 3 is 2.03 bits per heavy atom. The molecule has 0 unspecified atom stereocenters. The van der Waals surface area contributed by atoms with Gasteiger partial charge in [-0.25, -0.2) is 0 Å². The normalized spacial score (nSPS) is 12.3. The van der Waals surface area contributed by atoms with Crippen LogP contribution in [0.1, 0.15) is 37.3 Å². The van der Waals surface area contributed by atoms with Crippen molar-refractivity contribution in [3.8, 4) is 11.1 Å². The van der Waals surface area contributed by atoms with E-state index in [0.717, 1.165) is 22.3 Å². The van der Waals surface area contributed by atoms with Crippen LogP contribution in [0, 0.1) is 5.92 Å². The van der Waals surface area contributed by atoms with Crippen molar-refractivity contribution >= 4 is 17.8 Å². The number of rotatable bonds is 12. The molecular formula is C30H33NO5. The van der Waals surface area contributed by atoms with Gasteiger partial charge in [0.2, 0.25) is 5.91 Å². The zero-order valence-corrected chi connectivity index (χ0v) is 20.8. The van der Waals surface area contributed by atoms with Gasteiger partial charge >= 0.3 is 11.9 Å². The molecule has 0 radical (unpaired) electrons. The van der Waals surface area contributed by atoms with Gasteiger partial charge in [-0.1, -0.05) is 91.9 Å². The fraction of sp³-hybridized carbons (Fsp3) is 0.300. The van der Waals surface area contributed by atoms with Crippen LogP contribution in [0.25, 0.3) is 11.1 Å². The first-order chi connectivity index (χ1) is 17.4. The highest BCUT2D eigenvalue weighted by atomic mass is 16.5. The summed E-state index contributed by atoms with van der Waals surface area (Å²) in [6.45, 7) is 1.96. The lowest BCUT2D eigenvalue weighted by Crippen LogP contribution is -2.39. The van der Waals surface area contributed by atoms with Gasteiger partial charge in [0, 0.05) is 12.5 Å². The van der Waals surface area contributed by atoms with E-state index in [1.54, 1.807) is 6.92 Å². The Balaban J connectivity index is 1.56. The lowest BCUT2D eigenvalue weighted by Gasteiger charge is -2.22. The number of carbonyl (C=O) groups excluding carboxylic acids is 3. The molecule has 0 aliphatic carbocycles. The van der Waals surface area contributed by atoms with Gasteiger partial charge in [-0.2, -0.15) is 0 Å². The molecule has 1 amide bonds. The quantitative estimate of drug-likeness (QED) is 0.359. The van der Waals surface area contributed by atoms with Crippen LogP contribution in [0.3, 0.4) is 0 Å². The van der Waals surface area contributed by atoms with E-state index in [0.29, 0.717) is 12.8 Å². The summed E-state index contributed by atoms with van der Waals surface area (Å²) in [6, 6.07) is 27.4. The predicted octanol–water partition coefficient (Wildman–Crippen LogP) is 5.10. The molecule has 0 aliphatic rings. The number of carbonyl (C=O) groups is 3. The van der Waals surface area contributed by atoms with Crippen LogP contribution in [0.15, 0.2) is 84.9 Å². The highest BCUT2D eigenvalue weighted by Gasteiger charge is 2.22. The van der Waals surface area contributed by atoms with Crippen LogP contribution in [0.5, 0.6) is 0 Å². The first-order valence-corrected chi connectivity index (χ1v) is 12.2. The molecule has 3 aromatic rings. The van der Waals surface area contributed by atoms with Crippen molar-refractivity contribution in [3.63, 3.8) is 0 Å². The molecule has 0 aliphatic heterocycles. The van der Waals surface area contributed by atoms with Crippen LogP contribution in [0.4, 0.5) is 0 Å². The summed E-state index contributed by atoms with van der Waals surface area (Å²) in [5.74, 6) is -1.38. The maximum absolute atomic E-state index is 12.6. The van der Waals surface area contributed by atoms with Gasteiger partial charge in [-0.05, 0) is 35.1 Å². The van der Waals surface area contributed by atoms with E-state index in [9.17, 15) is 14.4 Å². The minimum atomic E-state index is -0.426. The van der Waals surface area contributed by atoms with Gasteiger partial charge in [0.25, 0.3) is 0 Å². The van der Waals surface area contributed by atoms with E-state index >= 15 is 0 Å². The molecule has 3 rings (SSSR count). The van der Waals surface area contributed by atoms with E-state index in [1.165, 1.54) is 7.11 Å². The topological polar surface area (TPSA) is 81.7 Å². The van der Waals surface area contributed by atoms with Gasteiger partial charge in [0.15, 0.2) is 0 Å². The summed E-state index contributed by atoms with van der Waals surface area (Å²) in [5.41, 5.74) is 4.18. The molecule has 0 fully saturated rings. The molecule has 0 spiro atoms. The molecule has 0 saturated carbocycles. The number of amides is 1. The summed E-state index contributed by atoms with van der Waals surface area (Å²) in [7, 11) is 1.36. The van der Waals surface area contributed by atoms with Crippen molar-refractivity contribution in [2.75, 3.05) is 7.11 Å². The van der Waals surface area contributed by atoms with Crippen molar-refractivity contribution in [2.45, 2.75) is 45.3 Å². The summed E-state index contributed by atoms with van der Waals surface area (Å²) >= 11 is 0. The smallest absolute Gasteiger partial charge is 0.308 e. The number of esters is 2. The molecule has 6 nitrogen and oxygen atoms in total. The second-order valence-corrected chi connectivity index (χ2v) is 8.84. The Hall–Kier alpha value is -3.93. The van der Waals surface area contributed by atoms with Gasteiger partial charge in [-0.15, -0.1) is 0 Å². The van der Waals surface area contributed by atoms with Crippen molar-refractivity contribution in [2.24, 2.45) is 5.92 Å². The Labute approximate surface area is 212 Å². The average Bonchev–Trinajstić information content (AvgIpc) is 2.91. The highest BCUT2D eigenvalue weighted by molar-refractivity contribution is 5.81. The third-order valence-corrected chi connectivity index (χ3v) is 5.95. The monoisotopic (exact) mass is 487 g/mol. The maximum Gasteiger partial charge on any atom is 0.308 e. The summed E-state index contributed by atoms with van der Waals surface area (Å²) in [5, 5.41) is 3.00. The lowest BCUT2D eigenvalue weighted by molar-refractivity contribution is -0.146. The van der Waals surface area contributed by atoms with E-state index in [1.807, 2.05) is 60.7 Å². The Morgan fingerprint density at radius 1 is 0.778 bits per heavy atom. The third kappa shape index (κ3) is 8.69. The van der Waals surface area contributed by atoms with Crippen LogP contribution >= 0.6 is 0 Å². The summed E-state index contributed by atoms with van der Waals surface area (Å²) < 4.78 is 10.1. The van der Waals surface area contributed by atoms with Crippen LogP contribution < -0.4 is 5.32 Å². The SMILES string of the molecule is COC(=O)[C@H](C)C[C@@H](Cc1ccc(-c2ccccc2)cc1)NC(=O)CCC(=O)OCc1ccccc1. The van der Waals surface area contributed by atoms with E-state index < -0.39 is 5.97 Å². The van der Waals surface area contributed by atoms with Gasteiger partial charge < -0.3 is 14.8 Å². The van der Waals surface area contributed by atoms with Crippen LogP contribution in [-0.2, 0) is 36.9 Å². The third-order valence-electron chi connectivity index (χ3n) is 5.95. The molecule has 3 aromatic carbocycles. The van der Waals surface area contributed by atoms with E-state index in [4.69, 9.17) is 9.47 Å². The van der Waals surface area contributed by atoms with Crippen molar-refractivity contribution < 1.29 is 23.9 Å². The fourth-order valence-corrected chi connectivity index (χ4v) is 3.99. The summed E-state index contributed by atoms with van der Waals surface area (Å²) in [6.07, 6.45) is 0.991. The number of ether oxygens (including phenoxy) is 2. The molecule has 1 N–H and O–H groups in total. The standard InChI is InChI=1S/C30H33NO5/c1-22(30(34)35-2)19-27(20-23-13-15-26(16-14-23)25-11-7-4-8-12-25)31-28(32)17-18-29(33)36-21-24-9-5-3-6-10-24/h3-16,22,27H,17-21H2,1-2H3,(H,31,32)/t22-,27+/m1/s1. The van der Waals surface area contributed by atoms with E-state index in [-0.39, 0.29) is 43.3 Å². The molecule has 0 heterocycles. The molecule has 0 bridgehead atoms. The first kappa shape index (κ1) is 26.7. The van der Waals surface area contributed by atoms with Crippen LogP contribution in [-0.4, -0.2) is 31.0 Å². The number of hydrogen-bond acceptors (Lipinski definition) is 5. The largest absolute Gasteiger partial charge is 0.469 e. The molecule has 188 valence electrons. The number of benzene rings is 3. The molecule has 2 atom stereocenters. The van der Waals surface area contributed by atoms with Crippen molar-refractivity contribution in [1.29, 1.82) is 0 Å². The Kier molecular flexibility index (Phi) is 10.2. The highest BCUT2D eigenvalue weighted by Crippen LogP contribution is 2.21. The number of hydrogen-bond donors (Lipinski definition) is 1. The predicted molar refractivity (Wildman–Crippen MR) is 139 cm³/mol. The number of methoxy groups -OCH3 is 1. The van der Waals surface area contributed by atoms with Gasteiger partial charge in [-0.3, -0.25) is 14.4 Å². The lowest BCUT2D eigenvalue weighted by atomic mass is 9.94. The first-order valence-electron chi connectivity index (χ1n) is 12.2. The second-order valence-electron chi connectivity index (χ2n) is 8.84. The fourth-order valence-electron chi connectivity index (χ4n) is 3.99. The molecular weight excluding hydrogens is 454 g/mol. The zero-order chi connectivity index (χ0) is 25.8. The second kappa shape index (κ2) is 13.8. The van der Waals surface area contributed by atoms with Gasteiger partial charge in [0.1, 0.15) is 6.61 Å². The summed E-state index contributed by atoms with van der Waals surface area (Å²) in [4.78, 5) is 36.7. The Bertz CT molecular complexity index is 1110. The molecule has 0 saturated heterocycles. The van der Waals surface area contributed by atoms with Crippen LogP contribution in [0.2, 0.25) is 0 Å². The van der Waals surface area contributed by atoms with Crippen molar-refractivity contribution in [3.05, 3.63) is 96.1 Å². The minimum absolute atomic E-state index is 0.0102. The number of nitrogens with one attached hydrogen (secondary N) is 1. The van der Waals surface area contributed by atoms with Gasteiger partial charge in [0.05, 0.1) is 19.4 Å². The molecule has 6 heteroatoms. The minimum Gasteiger partial charge on any atom is -0.469 e. The Morgan fingerprint density at radius 2 is 1.39 bits per heavy atom. The maximum atomic E-state index is 12.6. The van der Waals surface area contributed by atoms with E-state index in [2.05, 4.69) is 29.6 Å². The zero-order valence-electron chi connectivity index (χ0n) is 20.8.